The number of ether oxygens (including phenoxy) is 1. The monoisotopic (exact) mass is 284 g/mol. The van der Waals surface area contributed by atoms with Crippen molar-refractivity contribution in [2.75, 3.05) is 6.61 Å². The molecule has 0 spiro atoms. The maximum Gasteiger partial charge on any atom is 0.338 e. The summed E-state index contributed by atoms with van der Waals surface area (Å²) in [6.07, 6.45) is 5.91. The highest BCUT2D eigenvalue weighted by Gasteiger charge is 2.05. The van der Waals surface area contributed by atoms with E-state index in [9.17, 15) is 4.79 Å². The van der Waals surface area contributed by atoms with Crippen LogP contribution in [0, 0.1) is 0 Å². The molecule has 0 atom stereocenters. The molecule has 1 aromatic carbocycles. The zero-order valence-electron chi connectivity index (χ0n) is 12.6. The number of hydrogen-bond acceptors (Lipinski definition) is 3. The van der Waals surface area contributed by atoms with Crippen molar-refractivity contribution in [1.82, 2.24) is 4.57 Å². The molecule has 2 aromatic rings. The molecule has 21 heavy (non-hydrogen) atoms. The molecule has 110 valence electrons. The Morgan fingerprint density at radius 3 is 2.57 bits per heavy atom. The summed E-state index contributed by atoms with van der Waals surface area (Å²) in [4.78, 5) is 15.9. The Hall–Kier alpha value is -2.36. The number of esters is 1. The zero-order chi connectivity index (χ0) is 15.2. The average molecular weight is 284 g/mol. The molecule has 0 fully saturated rings. The van der Waals surface area contributed by atoms with Crippen LogP contribution in [0.3, 0.4) is 0 Å². The third-order valence-corrected chi connectivity index (χ3v) is 3.07. The van der Waals surface area contributed by atoms with Crippen LogP contribution in [0.1, 0.15) is 42.7 Å². The normalized spacial score (nSPS) is 11.2. The van der Waals surface area contributed by atoms with Gasteiger partial charge >= 0.3 is 5.97 Å². The van der Waals surface area contributed by atoms with E-state index in [1.165, 1.54) is 0 Å². The highest BCUT2D eigenvalue weighted by atomic mass is 16.5. The van der Waals surface area contributed by atoms with Crippen molar-refractivity contribution in [1.29, 1.82) is 0 Å². The lowest BCUT2D eigenvalue weighted by molar-refractivity contribution is 0.0526. The van der Waals surface area contributed by atoms with E-state index in [1.807, 2.05) is 30.6 Å². The van der Waals surface area contributed by atoms with Crippen molar-refractivity contribution >= 4 is 17.9 Å². The molecule has 0 radical (unpaired) electrons. The standard InChI is InChI=1S/C17H20N2O2/c1-4-21-17(20)15-5-7-16(8-6-15)18-11-14-9-10-19(12-14)13(2)3/h5-13H,4H2,1-3H3. The van der Waals surface area contributed by atoms with Crippen LogP contribution in [0.2, 0.25) is 0 Å². The summed E-state index contributed by atoms with van der Waals surface area (Å²) < 4.78 is 7.07. The van der Waals surface area contributed by atoms with Gasteiger partial charge in [-0.2, -0.15) is 0 Å². The minimum Gasteiger partial charge on any atom is -0.462 e. The smallest absolute Gasteiger partial charge is 0.338 e. The van der Waals surface area contributed by atoms with Gasteiger partial charge in [0.2, 0.25) is 0 Å². The van der Waals surface area contributed by atoms with Gasteiger partial charge in [0.05, 0.1) is 17.9 Å². The number of aliphatic imine (C=N–C) groups is 1. The SMILES string of the molecule is CCOC(=O)c1ccc(N=Cc2ccn(C(C)C)c2)cc1. The zero-order valence-corrected chi connectivity index (χ0v) is 12.6. The summed E-state index contributed by atoms with van der Waals surface area (Å²) in [5.41, 5.74) is 2.40. The second kappa shape index (κ2) is 6.88. The van der Waals surface area contributed by atoms with E-state index in [0.29, 0.717) is 18.2 Å². The Bertz CT molecular complexity index is 624. The van der Waals surface area contributed by atoms with Crippen LogP contribution in [0.4, 0.5) is 5.69 Å². The van der Waals surface area contributed by atoms with Gasteiger partial charge in [0, 0.05) is 30.2 Å². The maximum atomic E-state index is 11.5. The Morgan fingerprint density at radius 1 is 1.29 bits per heavy atom. The predicted molar refractivity (Wildman–Crippen MR) is 84.5 cm³/mol. The summed E-state index contributed by atoms with van der Waals surface area (Å²) >= 11 is 0. The molecule has 4 nitrogen and oxygen atoms in total. The molecule has 0 aliphatic carbocycles. The number of carbonyl (C=O) groups excluding carboxylic acids is 1. The first-order valence-corrected chi connectivity index (χ1v) is 7.09. The minimum atomic E-state index is -0.304. The number of hydrogen-bond donors (Lipinski definition) is 0. The van der Waals surface area contributed by atoms with Crippen LogP contribution in [0.25, 0.3) is 0 Å². The van der Waals surface area contributed by atoms with Gasteiger partial charge in [0.25, 0.3) is 0 Å². The van der Waals surface area contributed by atoms with Crippen molar-refractivity contribution in [3.05, 3.63) is 53.9 Å². The molecule has 4 heteroatoms. The molecule has 0 bridgehead atoms. The lowest BCUT2D eigenvalue weighted by Crippen LogP contribution is -2.03. The van der Waals surface area contributed by atoms with Gasteiger partial charge in [-0.05, 0) is 51.1 Å². The Kier molecular flexibility index (Phi) is 4.93. The Balaban J connectivity index is 2.05. The molecule has 0 N–H and O–H groups in total. The lowest BCUT2D eigenvalue weighted by Gasteiger charge is -2.04. The number of rotatable bonds is 5. The van der Waals surface area contributed by atoms with E-state index < -0.39 is 0 Å². The molecule has 0 amide bonds. The number of aromatic nitrogens is 1. The van der Waals surface area contributed by atoms with Gasteiger partial charge in [-0.15, -0.1) is 0 Å². The third-order valence-electron chi connectivity index (χ3n) is 3.07. The van der Waals surface area contributed by atoms with E-state index in [-0.39, 0.29) is 5.97 Å². The topological polar surface area (TPSA) is 43.6 Å². The van der Waals surface area contributed by atoms with Crippen molar-refractivity contribution < 1.29 is 9.53 Å². The first kappa shape index (κ1) is 15.0. The van der Waals surface area contributed by atoms with Crippen molar-refractivity contribution in [3.63, 3.8) is 0 Å². The van der Waals surface area contributed by atoms with E-state index in [0.717, 1.165) is 11.3 Å². The van der Waals surface area contributed by atoms with E-state index in [1.54, 1.807) is 19.1 Å². The molecule has 0 aliphatic heterocycles. The third kappa shape index (κ3) is 4.05. The summed E-state index contributed by atoms with van der Waals surface area (Å²) in [5.74, 6) is -0.304. The summed E-state index contributed by atoms with van der Waals surface area (Å²) in [6.45, 7) is 6.44. The fourth-order valence-corrected chi connectivity index (χ4v) is 1.87. The van der Waals surface area contributed by atoms with Crippen LogP contribution in [-0.4, -0.2) is 23.4 Å². The molecular formula is C17H20N2O2. The van der Waals surface area contributed by atoms with Crippen LogP contribution in [0.5, 0.6) is 0 Å². The maximum absolute atomic E-state index is 11.5. The molecule has 1 heterocycles. The van der Waals surface area contributed by atoms with Crippen LogP contribution < -0.4 is 0 Å². The molecule has 0 aliphatic rings. The van der Waals surface area contributed by atoms with Crippen molar-refractivity contribution in [3.8, 4) is 0 Å². The van der Waals surface area contributed by atoms with E-state index >= 15 is 0 Å². The fraction of sp³-hybridized carbons (Fsp3) is 0.294. The van der Waals surface area contributed by atoms with Crippen molar-refractivity contribution in [2.45, 2.75) is 26.8 Å². The lowest BCUT2D eigenvalue weighted by atomic mass is 10.2. The van der Waals surface area contributed by atoms with Crippen LogP contribution >= 0.6 is 0 Å². The Labute approximate surface area is 125 Å². The molecular weight excluding hydrogens is 264 g/mol. The largest absolute Gasteiger partial charge is 0.462 e. The fourth-order valence-electron chi connectivity index (χ4n) is 1.87. The first-order chi connectivity index (χ1) is 10.1. The number of nitrogens with zero attached hydrogens (tertiary/aromatic N) is 2. The molecule has 1 aromatic heterocycles. The minimum absolute atomic E-state index is 0.304. The van der Waals surface area contributed by atoms with Crippen LogP contribution in [-0.2, 0) is 4.74 Å². The number of benzene rings is 1. The quantitative estimate of drug-likeness (QED) is 0.615. The summed E-state index contributed by atoms with van der Waals surface area (Å²) in [6, 6.07) is 9.53. The van der Waals surface area contributed by atoms with E-state index in [2.05, 4.69) is 29.6 Å². The van der Waals surface area contributed by atoms with E-state index in [4.69, 9.17) is 4.74 Å². The van der Waals surface area contributed by atoms with Crippen molar-refractivity contribution in [2.24, 2.45) is 4.99 Å². The van der Waals surface area contributed by atoms with Crippen LogP contribution in [0.15, 0.2) is 47.7 Å². The Morgan fingerprint density at radius 2 is 2.00 bits per heavy atom. The highest BCUT2D eigenvalue weighted by molar-refractivity contribution is 5.90. The van der Waals surface area contributed by atoms with Gasteiger partial charge in [-0.1, -0.05) is 0 Å². The highest BCUT2D eigenvalue weighted by Crippen LogP contribution is 2.14. The summed E-state index contributed by atoms with van der Waals surface area (Å²) in [5, 5.41) is 0. The van der Waals surface area contributed by atoms with Gasteiger partial charge in [-0.25, -0.2) is 4.79 Å². The first-order valence-electron chi connectivity index (χ1n) is 7.09. The molecule has 0 unspecified atom stereocenters. The second-order valence-electron chi connectivity index (χ2n) is 5.01. The average Bonchev–Trinajstić information content (AvgIpc) is 2.95. The number of carbonyl (C=O) groups is 1. The van der Waals surface area contributed by atoms with Gasteiger partial charge in [0.15, 0.2) is 0 Å². The second-order valence-corrected chi connectivity index (χ2v) is 5.01. The van der Waals surface area contributed by atoms with Gasteiger partial charge in [-0.3, -0.25) is 4.99 Å². The molecule has 0 saturated carbocycles. The van der Waals surface area contributed by atoms with Gasteiger partial charge < -0.3 is 9.30 Å². The molecule has 0 saturated heterocycles. The predicted octanol–water partition coefficient (Wildman–Crippen LogP) is 4.00. The van der Waals surface area contributed by atoms with Gasteiger partial charge in [0.1, 0.15) is 0 Å². The summed E-state index contributed by atoms with van der Waals surface area (Å²) in [7, 11) is 0. The molecule has 2 rings (SSSR count).